The number of rotatable bonds is 8. The first-order valence-corrected chi connectivity index (χ1v) is 10.2. The van der Waals surface area contributed by atoms with Crippen LogP contribution in [-0.2, 0) is 12.8 Å². The molecule has 4 nitrogen and oxygen atoms in total. The molecule has 0 radical (unpaired) electrons. The minimum atomic E-state index is 0.320. The van der Waals surface area contributed by atoms with Crippen molar-refractivity contribution in [3.8, 4) is 11.5 Å². The van der Waals surface area contributed by atoms with E-state index in [0.717, 1.165) is 43.1 Å². The van der Waals surface area contributed by atoms with E-state index in [1.165, 1.54) is 37.2 Å². The number of nitrogens with zero attached hydrogens (tertiary/aromatic N) is 1. The molecule has 1 atom stereocenters. The molecule has 1 aliphatic heterocycles. The largest absolute Gasteiger partial charge is 0.508 e. The van der Waals surface area contributed by atoms with E-state index in [-0.39, 0.29) is 0 Å². The van der Waals surface area contributed by atoms with Crippen molar-refractivity contribution in [1.29, 1.82) is 0 Å². The first-order valence-electron chi connectivity index (χ1n) is 10.2. The van der Waals surface area contributed by atoms with E-state index >= 15 is 0 Å². The van der Waals surface area contributed by atoms with Crippen LogP contribution in [0.2, 0.25) is 0 Å². The van der Waals surface area contributed by atoms with E-state index in [9.17, 15) is 10.2 Å². The van der Waals surface area contributed by atoms with Gasteiger partial charge in [0.15, 0.2) is 0 Å². The fourth-order valence-electron chi connectivity index (χ4n) is 4.45. The molecule has 3 rings (SSSR count). The number of likely N-dealkylation sites (tertiary alicyclic amines) is 1. The van der Waals surface area contributed by atoms with Gasteiger partial charge in [0.05, 0.1) is 32.2 Å². The average molecular weight is 370 g/mol. The maximum Gasteiger partial charge on any atom is 0.115 e. The molecule has 0 spiro atoms. The van der Waals surface area contributed by atoms with E-state index in [1.807, 2.05) is 24.3 Å². The van der Waals surface area contributed by atoms with Crippen LogP contribution >= 0.6 is 0 Å². The molecule has 2 aromatic carbocycles. The summed E-state index contributed by atoms with van der Waals surface area (Å²) < 4.78 is 1.14. The number of hydrogen-bond donors (Lipinski definition) is 3. The van der Waals surface area contributed by atoms with E-state index in [0.29, 0.717) is 17.5 Å². The Bertz CT molecular complexity index is 646. The SMILES string of the molecule is NC1CCC[N+](CCCc2ccc(O)cc2)(CCCc2ccc(O)cc2)C1. The molecule has 0 bridgehead atoms. The van der Waals surface area contributed by atoms with Gasteiger partial charge in [-0.1, -0.05) is 24.3 Å². The Hall–Kier alpha value is -2.04. The first kappa shape index (κ1) is 19.7. The van der Waals surface area contributed by atoms with Crippen molar-refractivity contribution in [2.75, 3.05) is 26.2 Å². The Morgan fingerprint density at radius 2 is 1.30 bits per heavy atom. The number of aryl methyl sites for hydroxylation is 2. The standard InChI is InChI=1S/C23H32N2O2/c24-21-6-3-17-25(18-21,15-1-4-19-7-11-22(26)12-8-19)16-2-5-20-9-13-23(27)14-10-20/h7-14,21H,1-6,15-18,24H2,(H-,26,27)/p+1. The third-order valence-corrected chi connectivity index (χ3v) is 5.90. The zero-order valence-corrected chi connectivity index (χ0v) is 16.2. The van der Waals surface area contributed by atoms with Gasteiger partial charge in [-0.05, 0) is 61.1 Å². The molecule has 27 heavy (non-hydrogen) atoms. The van der Waals surface area contributed by atoms with Crippen LogP contribution in [0, 0.1) is 0 Å². The van der Waals surface area contributed by atoms with Crippen LogP contribution < -0.4 is 5.73 Å². The smallest absolute Gasteiger partial charge is 0.115 e. The molecule has 1 heterocycles. The maximum atomic E-state index is 9.43. The van der Waals surface area contributed by atoms with Gasteiger partial charge in [0, 0.05) is 12.8 Å². The van der Waals surface area contributed by atoms with Crippen molar-refractivity contribution >= 4 is 0 Å². The van der Waals surface area contributed by atoms with Gasteiger partial charge >= 0.3 is 0 Å². The van der Waals surface area contributed by atoms with Crippen LogP contribution in [-0.4, -0.2) is 46.9 Å². The van der Waals surface area contributed by atoms with Gasteiger partial charge in [0.25, 0.3) is 0 Å². The van der Waals surface area contributed by atoms with Crippen LogP contribution in [0.25, 0.3) is 0 Å². The summed E-state index contributed by atoms with van der Waals surface area (Å²) in [6.45, 7) is 4.66. The normalized spacial score (nSPS) is 19.1. The summed E-state index contributed by atoms with van der Waals surface area (Å²) in [6, 6.07) is 15.5. The number of phenols is 2. The van der Waals surface area contributed by atoms with E-state index in [1.54, 1.807) is 24.3 Å². The molecule has 0 aromatic heterocycles. The topological polar surface area (TPSA) is 66.5 Å². The molecular weight excluding hydrogens is 336 g/mol. The van der Waals surface area contributed by atoms with Crippen molar-refractivity contribution in [3.05, 3.63) is 59.7 Å². The Morgan fingerprint density at radius 1 is 0.815 bits per heavy atom. The summed E-state index contributed by atoms with van der Waals surface area (Å²) in [7, 11) is 0. The molecule has 1 aliphatic rings. The Balaban J connectivity index is 1.54. The minimum absolute atomic E-state index is 0.320. The van der Waals surface area contributed by atoms with Crippen LogP contribution in [0.4, 0.5) is 0 Å². The number of hydrogen-bond acceptors (Lipinski definition) is 3. The van der Waals surface area contributed by atoms with Gasteiger partial charge in [0.2, 0.25) is 0 Å². The predicted molar refractivity (Wildman–Crippen MR) is 110 cm³/mol. The van der Waals surface area contributed by atoms with Crippen molar-refractivity contribution in [1.82, 2.24) is 0 Å². The second-order valence-corrected chi connectivity index (χ2v) is 8.14. The Kier molecular flexibility index (Phi) is 6.75. The summed E-state index contributed by atoms with van der Waals surface area (Å²) in [4.78, 5) is 0. The molecule has 1 fully saturated rings. The van der Waals surface area contributed by atoms with E-state index in [4.69, 9.17) is 5.73 Å². The van der Waals surface area contributed by atoms with E-state index < -0.39 is 0 Å². The molecule has 0 aliphatic carbocycles. The highest BCUT2D eigenvalue weighted by molar-refractivity contribution is 5.26. The monoisotopic (exact) mass is 369 g/mol. The molecule has 0 saturated carbocycles. The lowest BCUT2D eigenvalue weighted by molar-refractivity contribution is -0.933. The molecule has 146 valence electrons. The summed E-state index contributed by atoms with van der Waals surface area (Å²) >= 11 is 0. The van der Waals surface area contributed by atoms with Crippen molar-refractivity contribution in [2.45, 2.75) is 44.6 Å². The van der Waals surface area contributed by atoms with Crippen LogP contribution in [0.5, 0.6) is 11.5 Å². The van der Waals surface area contributed by atoms with Crippen molar-refractivity contribution in [2.24, 2.45) is 5.73 Å². The average Bonchev–Trinajstić information content (AvgIpc) is 2.65. The van der Waals surface area contributed by atoms with Crippen molar-refractivity contribution < 1.29 is 14.7 Å². The zero-order valence-electron chi connectivity index (χ0n) is 16.2. The number of phenolic OH excluding ortho intramolecular Hbond substituents is 2. The van der Waals surface area contributed by atoms with Gasteiger partial charge in [-0.2, -0.15) is 0 Å². The maximum absolute atomic E-state index is 9.43. The van der Waals surface area contributed by atoms with E-state index in [2.05, 4.69) is 0 Å². The highest BCUT2D eigenvalue weighted by atomic mass is 16.3. The number of nitrogens with two attached hydrogens (primary N) is 1. The number of aromatic hydroxyl groups is 2. The highest BCUT2D eigenvalue weighted by Gasteiger charge is 2.32. The Labute approximate surface area is 162 Å². The molecular formula is C23H33N2O2+. The molecule has 1 saturated heterocycles. The zero-order chi connectivity index (χ0) is 19.1. The molecule has 2 aromatic rings. The van der Waals surface area contributed by atoms with Crippen LogP contribution in [0.3, 0.4) is 0 Å². The molecule has 1 unspecified atom stereocenters. The van der Waals surface area contributed by atoms with Gasteiger partial charge in [0.1, 0.15) is 11.5 Å². The predicted octanol–water partition coefficient (Wildman–Crippen LogP) is 3.60. The van der Waals surface area contributed by atoms with Gasteiger partial charge < -0.3 is 20.4 Å². The Morgan fingerprint density at radius 3 is 1.74 bits per heavy atom. The van der Waals surface area contributed by atoms with Crippen molar-refractivity contribution in [3.63, 3.8) is 0 Å². The molecule has 4 N–H and O–H groups in total. The fraction of sp³-hybridized carbons (Fsp3) is 0.478. The second kappa shape index (κ2) is 9.25. The number of benzene rings is 2. The van der Waals surface area contributed by atoms with Crippen LogP contribution in [0.1, 0.15) is 36.8 Å². The third-order valence-electron chi connectivity index (χ3n) is 5.90. The lowest BCUT2D eigenvalue weighted by atomic mass is 10.00. The minimum Gasteiger partial charge on any atom is -0.508 e. The summed E-state index contributed by atoms with van der Waals surface area (Å²) in [6.07, 6.45) is 6.77. The molecule has 0 amide bonds. The lowest BCUT2D eigenvalue weighted by Gasteiger charge is -2.44. The highest BCUT2D eigenvalue weighted by Crippen LogP contribution is 2.22. The van der Waals surface area contributed by atoms with Gasteiger partial charge in [-0.3, -0.25) is 0 Å². The third kappa shape index (κ3) is 5.98. The number of quaternary nitrogens is 1. The molecule has 4 heteroatoms. The quantitative estimate of drug-likeness (QED) is 0.623. The number of piperidine rings is 1. The first-order chi connectivity index (χ1) is 13.0. The van der Waals surface area contributed by atoms with Gasteiger partial charge in [-0.15, -0.1) is 0 Å². The van der Waals surface area contributed by atoms with Gasteiger partial charge in [-0.25, -0.2) is 0 Å². The summed E-state index contributed by atoms with van der Waals surface area (Å²) in [5.74, 6) is 0.664. The fourth-order valence-corrected chi connectivity index (χ4v) is 4.45. The summed E-state index contributed by atoms with van der Waals surface area (Å²) in [5, 5.41) is 18.9. The second-order valence-electron chi connectivity index (χ2n) is 8.14. The summed E-state index contributed by atoms with van der Waals surface area (Å²) in [5.41, 5.74) is 8.91. The van der Waals surface area contributed by atoms with Crippen LogP contribution in [0.15, 0.2) is 48.5 Å². The lowest BCUT2D eigenvalue weighted by Crippen LogP contribution is -2.58.